The van der Waals surface area contributed by atoms with E-state index in [1.165, 1.54) is 18.9 Å². The summed E-state index contributed by atoms with van der Waals surface area (Å²) in [6, 6.07) is 15.5. The monoisotopic (exact) mass is 387 g/mol. The molecule has 0 N–H and O–H groups in total. The summed E-state index contributed by atoms with van der Waals surface area (Å²) in [5.41, 5.74) is 2.97. The van der Waals surface area contributed by atoms with Crippen LogP contribution in [0.25, 0.3) is 17.1 Å². The predicted octanol–water partition coefficient (Wildman–Crippen LogP) is 4.55. The first-order valence-electron chi connectivity index (χ1n) is 8.02. The molecule has 0 unspecified atom stereocenters. The van der Waals surface area contributed by atoms with E-state index in [0.29, 0.717) is 16.0 Å². The van der Waals surface area contributed by atoms with Gasteiger partial charge in [0.15, 0.2) is 11.0 Å². The summed E-state index contributed by atoms with van der Waals surface area (Å²) in [7, 11) is 1.38. The Morgan fingerprint density at radius 1 is 1.12 bits per heavy atom. The van der Waals surface area contributed by atoms with Crippen molar-refractivity contribution in [1.29, 1.82) is 0 Å². The smallest absolute Gasteiger partial charge is 0.318 e. The number of nitrogens with zero attached hydrogens (tertiary/aromatic N) is 3. The van der Waals surface area contributed by atoms with Crippen LogP contribution in [0.2, 0.25) is 5.02 Å². The number of carbonyl (C=O) groups is 1. The van der Waals surface area contributed by atoms with Crippen molar-refractivity contribution in [3.63, 3.8) is 0 Å². The highest BCUT2D eigenvalue weighted by molar-refractivity contribution is 8.00. The number of ether oxygens (including phenoxy) is 1. The van der Waals surface area contributed by atoms with Crippen molar-refractivity contribution in [2.24, 2.45) is 0 Å². The van der Waals surface area contributed by atoms with Gasteiger partial charge in [-0.1, -0.05) is 41.1 Å². The van der Waals surface area contributed by atoms with E-state index < -0.39 is 5.25 Å². The second kappa shape index (κ2) is 7.93. The number of carbonyl (C=O) groups excluding carboxylic acids is 1. The Labute approximate surface area is 161 Å². The normalized spacial score (nSPS) is 12.0. The van der Waals surface area contributed by atoms with Crippen LogP contribution in [0.5, 0.6) is 0 Å². The SMILES string of the molecule is COC(=O)[C@@H](C)Sc1nnc(-c2ccc(Cl)cc2)n1-c1ccc(C)cc1. The molecule has 5 nitrogen and oxygen atoms in total. The van der Waals surface area contributed by atoms with Gasteiger partial charge < -0.3 is 4.74 Å². The lowest BCUT2D eigenvalue weighted by Crippen LogP contribution is -2.15. The highest BCUT2D eigenvalue weighted by atomic mass is 35.5. The van der Waals surface area contributed by atoms with Gasteiger partial charge in [-0.15, -0.1) is 10.2 Å². The first-order valence-corrected chi connectivity index (χ1v) is 9.28. The first-order chi connectivity index (χ1) is 12.5. The number of thioether (sulfide) groups is 1. The van der Waals surface area contributed by atoms with Gasteiger partial charge in [0.2, 0.25) is 0 Å². The van der Waals surface area contributed by atoms with E-state index in [-0.39, 0.29) is 5.97 Å². The molecule has 0 fully saturated rings. The van der Waals surface area contributed by atoms with Gasteiger partial charge >= 0.3 is 5.97 Å². The van der Waals surface area contributed by atoms with Crippen molar-refractivity contribution in [1.82, 2.24) is 14.8 Å². The Kier molecular flexibility index (Phi) is 5.64. The van der Waals surface area contributed by atoms with Gasteiger partial charge in [0.1, 0.15) is 5.25 Å². The molecular weight excluding hydrogens is 370 g/mol. The lowest BCUT2D eigenvalue weighted by Gasteiger charge is -2.13. The quantitative estimate of drug-likeness (QED) is 0.474. The molecule has 26 heavy (non-hydrogen) atoms. The first kappa shape index (κ1) is 18.5. The summed E-state index contributed by atoms with van der Waals surface area (Å²) in [4.78, 5) is 11.8. The van der Waals surface area contributed by atoms with E-state index in [2.05, 4.69) is 10.2 Å². The molecule has 3 aromatic rings. The minimum absolute atomic E-state index is 0.304. The molecule has 3 rings (SSSR count). The summed E-state index contributed by atoms with van der Waals surface area (Å²) in [6.45, 7) is 3.82. The number of benzene rings is 2. The fraction of sp³-hybridized carbons (Fsp3) is 0.211. The van der Waals surface area contributed by atoms with Crippen molar-refractivity contribution in [3.05, 3.63) is 59.1 Å². The number of methoxy groups -OCH3 is 1. The Morgan fingerprint density at radius 2 is 1.77 bits per heavy atom. The van der Waals surface area contributed by atoms with Crippen LogP contribution in [0, 0.1) is 6.92 Å². The van der Waals surface area contributed by atoms with E-state index in [1.54, 1.807) is 6.92 Å². The minimum atomic E-state index is -0.397. The molecule has 0 aliphatic heterocycles. The molecule has 0 aliphatic rings. The van der Waals surface area contributed by atoms with Crippen LogP contribution in [-0.4, -0.2) is 33.1 Å². The van der Waals surface area contributed by atoms with E-state index >= 15 is 0 Å². The van der Waals surface area contributed by atoms with Crippen molar-refractivity contribution in [3.8, 4) is 17.1 Å². The summed E-state index contributed by atoms with van der Waals surface area (Å²) in [6.07, 6.45) is 0. The summed E-state index contributed by atoms with van der Waals surface area (Å²) in [5.74, 6) is 0.381. The van der Waals surface area contributed by atoms with Crippen LogP contribution in [0.3, 0.4) is 0 Å². The van der Waals surface area contributed by atoms with Crippen molar-refractivity contribution in [2.45, 2.75) is 24.3 Å². The van der Waals surface area contributed by atoms with Crippen molar-refractivity contribution < 1.29 is 9.53 Å². The maximum absolute atomic E-state index is 11.8. The van der Waals surface area contributed by atoms with Gasteiger partial charge in [-0.05, 0) is 50.2 Å². The lowest BCUT2D eigenvalue weighted by molar-refractivity contribution is -0.139. The van der Waals surface area contributed by atoms with Gasteiger partial charge in [-0.3, -0.25) is 9.36 Å². The Hall–Kier alpha value is -2.31. The summed E-state index contributed by atoms with van der Waals surface area (Å²) >= 11 is 7.31. The Morgan fingerprint density at radius 3 is 2.38 bits per heavy atom. The van der Waals surface area contributed by atoms with Gasteiger partial charge in [0.05, 0.1) is 7.11 Å². The molecule has 0 radical (unpaired) electrons. The summed E-state index contributed by atoms with van der Waals surface area (Å²) < 4.78 is 6.76. The molecule has 1 aromatic heterocycles. The molecule has 7 heteroatoms. The maximum Gasteiger partial charge on any atom is 0.318 e. The third kappa shape index (κ3) is 3.92. The second-order valence-corrected chi connectivity index (χ2v) is 7.51. The number of rotatable bonds is 5. The molecule has 1 atom stereocenters. The standard InChI is InChI=1S/C19H18ClN3O2S/c1-12-4-10-16(11-5-12)23-17(14-6-8-15(20)9-7-14)21-22-19(23)26-13(2)18(24)25-3/h4-11,13H,1-3H3/t13-/m1/s1. The number of halogens is 1. The van der Waals surface area contributed by atoms with Crippen LogP contribution >= 0.6 is 23.4 Å². The number of esters is 1. The Bertz CT molecular complexity index is 908. The number of aromatic nitrogens is 3. The largest absolute Gasteiger partial charge is 0.468 e. The summed E-state index contributed by atoms with van der Waals surface area (Å²) in [5, 5.41) is 9.54. The molecule has 2 aromatic carbocycles. The Balaban J connectivity index is 2.09. The number of hydrogen-bond acceptors (Lipinski definition) is 5. The molecule has 0 amide bonds. The minimum Gasteiger partial charge on any atom is -0.468 e. The maximum atomic E-state index is 11.8. The zero-order chi connectivity index (χ0) is 18.7. The van der Waals surface area contributed by atoms with Crippen LogP contribution in [0.15, 0.2) is 53.7 Å². The average Bonchev–Trinajstić information content (AvgIpc) is 3.05. The van der Waals surface area contributed by atoms with Gasteiger partial charge in [0, 0.05) is 16.3 Å². The molecular formula is C19H18ClN3O2S. The van der Waals surface area contributed by atoms with Crippen LogP contribution in [-0.2, 0) is 9.53 Å². The topological polar surface area (TPSA) is 57.0 Å². The van der Waals surface area contributed by atoms with Gasteiger partial charge in [0.25, 0.3) is 0 Å². The third-order valence-corrected chi connectivity index (χ3v) is 5.12. The molecule has 0 aliphatic carbocycles. The van der Waals surface area contributed by atoms with Crippen LogP contribution in [0.4, 0.5) is 0 Å². The highest BCUT2D eigenvalue weighted by Crippen LogP contribution is 2.31. The number of aryl methyl sites for hydroxylation is 1. The predicted molar refractivity (Wildman–Crippen MR) is 104 cm³/mol. The van der Waals surface area contributed by atoms with E-state index in [0.717, 1.165) is 16.8 Å². The third-order valence-electron chi connectivity index (χ3n) is 3.84. The molecule has 0 saturated carbocycles. The fourth-order valence-corrected chi connectivity index (χ4v) is 3.45. The molecule has 1 heterocycles. The number of hydrogen-bond donors (Lipinski definition) is 0. The van der Waals surface area contributed by atoms with E-state index in [9.17, 15) is 4.79 Å². The molecule has 0 bridgehead atoms. The van der Waals surface area contributed by atoms with Crippen LogP contribution in [0.1, 0.15) is 12.5 Å². The van der Waals surface area contributed by atoms with Gasteiger partial charge in [-0.2, -0.15) is 0 Å². The fourth-order valence-electron chi connectivity index (χ4n) is 2.43. The van der Waals surface area contributed by atoms with E-state index in [4.69, 9.17) is 16.3 Å². The average molecular weight is 388 g/mol. The van der Waals surface area contributed by atoms with E-state index in [1.807, 2.05) is 60.0 Å². The van der Waals surface area contributed by atoms with Gasteiger partial charge in [-0.25, -0.2) is 0 Å². The molecule has 0 spiro atoms. The highest BCUT2D eigenvalue weighted by Gasteiger charge is 2.22. The molecule has 134 valence electrons. The van der Waals surface area contributed by atoms with Crippen LogP contribution < -0.4 is 0 Å². The molecule has 0 saturated heterocycles. The zero-order valence-corrected chi connectivity index (χ0v) is 16.2. The zero-order valence-electron chi connectivity index (χ0n) is 14.6. The van der Waals surface area contributed by atoms with Crippen molar-refractivity contribution >= 4 is 29.3 Å². The second-order valence-electron chi connectivity index (χ2n) is 5.77. The van der Waals surface area contributed by atoms with Crippen molar-refractivity contribution in [2.75, 3.05) is 7.11 Å². The lowest BCUT2D eigenvalue weighted by atomic mass is 10.2.